The molecule has 0 spiro atoms. The summed E-state index contributed by atoms with van der Waals surface area (Å²) in [6.07, 6.45) is 11.2. The highest BCUT2D eigenvalue weighted by molar-refractivity contribution is 7.85. The van der Waals surface area contributed by atoms with Crippen molar-refractivity contribution in [2.45, 2.75) is 76.5 Å². The first-order valence-electron chi connectivity index (χ1n) is 8.53. The fourth-order valence-corrected chi connectivity index (χ4v) is 3.38. The molecular formula is C18H30O3S. The normalized spacial score (nSPS) is 13.2. The molecule has 0 saturated heterocycles. The van der Waals surface area contributed by atoms with E-state index in [9.17, 15) is 8.42 Å². The first kappa shape index (κ1) is 19.2. The summed E-state index contributed by atoms with van der Waals surface area (Å²) in [5, 5.41) is 0. The van der Waals surface area contributed by atoms with Crippen LogP contribution in [0.25, 0.3) is 0 Å². The van der Waals surface area contributed by atoms with E-state index in [1.165, 1.54) is 57.1 Å². The highest BCUT2D eigenvalue weighted by Crippen LogP contribution is 2.19. The SMILES string of the molecule is CCCC(CC)CCCCCCc1ccc(S(=O)(=O)O)cc1. The Kier molecular flexibility index (Phi) is 8.72. The third-order valence-electron chi connectivity index (χ3n) is 4.32. The second-order valence-corrected chi connectivity index (χ2v) is 7.56. The molecule has 1 rings (SSSR count). The average molecular weight is 327 g/mol. The van der Waals surface area contributed by atoms with E-state index in [0.717, 1.165) is 24.3 Å². The van der Waals surface area contributed by atoms with Crippen LogP contribution in [0.4, 0.5) is 0 Å². The molecule has 3 nitrogen and oxygen atoms in total. The fourth-order valence-electron chi connectivity index (χ4n) is 2.90. The van der Waals surface area contributed by atoms with Gasteiger partial charge in [0.1, 0.15) is 0 Å². The molecule has 0 amide bonds. The second-order valence-electron chi connectivity index (χ2n) is 6.13. The summed E-state index contributed by atoms with van der Waals surface area (Å²) in [6, 6.07) is 6.53. The van der Waals surface area contributed by atoms with Gasteiger partial charge in [0.05, 0.1) is 4.90 Å². The Bertz CT molecular complexity index is 506. The Balaban J connectivity index is 2.20. The van der Waals surface area contributed by atoms with Gasteiger partial charge in [0.25, 0.3) is 10.1 Å². The lowest BCUT2D eigenvalue weighted by atomic mass is 9.94. The molecule has 1 aromatic carbocycles. The summed E-state index contributed by atoms with van der Waals surface area (Å²) in [5.41, 5.74) is 1.13. The molecule has 0 bridgehead atoms. The van der Waals surface area contributed by atoms with Crippen molar-refractivity contribution in [3.8, 4) is 0 Å². The molecule has 0 saturated carbocycles. The van der Waals surface area contributed by atoms with Gasteiger partial charge in [-0.15, -0.1) is 0 Å². The van der Waals surface area contributed by atoms with Crippen LogP contribution in [0.1, 0.15) is 70.8 Å². The van der Waals surface area contributed by atoms with Gasteiger partial charge in [0.15, 0.2) is 0 Å². The topological polar surface area (TPSA) is 54.4 Å². The molecule has 0 heterocycles. The Labute approximate surface area is 135 Å². The van der Waals surface area contributed by atoms with Crippen molar-refractivity contribution in [1.29, 1.82) is 0 Å². The molecule has 0 aliphatic rings. The summed E-state index contributed by atoms with van der Waals surface area (Å²) >= 11 is 0. The smallest absolute Gasteiger partial charge is 0.282 e. The molecule has 1 aromatic rings. The van der Waals surface area contributed by atoms with E-state index in [1.54, 1.807) is 12.1 Å². The molecule has 1 N–H and O–H groups in total. The van der Waals surface area contributed by atoms with Crippen molar-refractivity contribution in [3.05, 3.63) is 29.8 Å². The largest absolute Gasteiger partial charge is 0.294 e. The molecule has 0 radical (unpaired) electrons. The number of unbranched alkanes of at least 4 members (excludes halogenated alkanes) is 3. The Hall–Kier alpha value is -0.870. The molecule has 1 unspecified atom stereocenters. The highest BCUT2D eigenvalue weighted by atomic mass is 32.2. The predicted molar refractivity (Wildman–Crippen MR) is 91.7 cm³/mol. The number of benzene rings is 1. The van der Waals surface area contributed by atoms with E-state index in [2.05, 4.69) is 13.8 Å². The molecule has 1 atom stereocenters. The quantitative estimate of drug-likeness (QED) is 0.446. The molecule has 22 heavy (non-hydrogen) atoms. The van der Waals surface area contributed by atoms with E-state index < -0.39 is 10.1 Å². The van der Waals surface area contributed by atoms with E-state index in [1.807, 2.05) is 0 Å². The summed E-state index contributed by atoms with van der Waals surface area (Å²) < 4.78 is 30.8. The molecule has 0 fully saturated rings. The molecule has 126 valence electrons. The zero-order chi connectivity index (χ0) is 16.4. The van der Waals surface area contributed by atoms with Crippen LogP contribution in [0.15, 0.2) is 29.2 Å². The van der Waals surface area contributed by atoms with Gasteiger partial charge in [-0.25, -0.2) is 0 Å². The van der Waals surface area contributed by atoms with Crippen molar-refractivity contribution in [2.24, 2.45) is 5.92 Å². The third kappa shape index (κ3) is 7.41. The van der Waals surface area contributed by atoms with Gasteiger partial charge in [0, 0.05) is 0 Å². The van der Waals surface area contributed by atoms with Crippen molar-refractivity contribution < 1.29 is 13.0 Å². The molecule has 0 aromatic heterocycles. The van der Waals surface area contributed by atoms with Gasteiger partial charge in [-0.3, -0.25) is 4.55 Å². The second kappa shape index (κ2) is 10.0. The predicted octanol–water partition coefficient (Wildman–Crippen LogP) is 5.25. The lowest BCUT2D eigenvalue weighted by Crippen LogP contribution is -1.98. The van der Waals surface area contributed by atoms with Crippen molar-refractivity contribution in [1.82, 2.24) is 0 Å². The highest BCUT2D eigenvalue weighted by Gasteiger charge is 2.08. The summed E-state index contributed by atoms with van der Waals surface area (Å²) in [5.74, 6) is 0.901. The van der Waals surface area contributed by atoms with Gasteiger partial charge in [-0.2, -0.15) is 8.42 Å². The first-order chi connectivity index (χ1) is 10.5. The lowest BCUT2D eigenvalue weighted by molar-refractivity contribution is 0.409. The summed E-state index contributed by atoms with van der Waals surface area (Å²) in [4.78, 5) is -0.0298. The van der Waals surface area contributed by atoms with Gasteiger partial charge in [-0.05, 0) is 36.5 Å². The van der Waals surface area contributed by atoms with Crippen LogP contribution < -0.4 is 0 Å². The van der Waals surface area contributed by atoms with E-state index in [-0.39, 0.29) is 4.90 Å². The van der Waals surface area contributed by atoms with E-state index >= 15 is 0 Å². The van der Waals surface area contributed by atoms with E-state index in [4.69, 9.17) is 4.55 Å². The van der Waals surface area contributed by atoms with Crippen molar-refractivity contribution in [2.75, 3.05) is 0 Å². The lowest BCUT2D eigenvalue weighted by Gasteiger charge is -2.13. The standard InChI is InChI=1S/C18H30O3S/c1-3-9-16(4-2)10-7-5-6-8-11-17-12-14-18(15-13-17)22(19,20)21/h12-16H,3-11H2,1-2H3,(H,19,20,21). The average Bonchev–Trinajstić information content (AvgIpc) is 2.49. The maximum absolute atomic E-state index is 11.0. The molecule has 0 aliphatic heterocycles. The fraction of sp³-hybridized carbons (Fsp3) is 0.667. The Morgan fingerprint density at radius 2 is 1.59 bits per heavy atom. The molecular weight excluding hydrogens is 296 g/mol. The molecule has 0 aliphatic carbocycles. The monoisotopic (exact) mass is 326 g/mol. The van der Waals surface area contributed by atoms with Crippen LogP contribution in [0.2, 0.25) is 0 Å². The van der Waals surface area contributed by atoms with Crippen LogP contribution in [0.3, 0.4) is 0 Å². The Morgan fingerprint density at radius 3 is 2.14 bits per heavy atom. The molecule has 4 heteroatoms. The van der Waals surface area contributed by atoms with Gasteiger partial charge < -0.3 is 0 Å². The number of hydrogen-bond donors (Lipinski definition) is 1. The summed E-state index contributed by atoms with van der Waals surface area (Å²) in [6.45, 7) is 4.55. The van der Waals surface area contributed by atoms with Crippen LogP contribution >= 0.6 is 0 Å². The minimum Gasteiger partial charge on any atom is -0.282 e. The van der Waals surface area contributed by atoms with Gasteiger partial charge in [0.2, 0.25) is 0 Å². The number of hydrogen-bond acceptors (Lipinski definition) is 2. The number of aryl methyl sites for hydroxylation is 1. The zero-order valence-corrected chi connectivity index (χ0v) is 14.7. The first-order valence-corrected chi connectivity index (χ1v) is 9.97. The zero-order valence-electron chi connectivity index (χ0n) is 13.9. The van der Waals surface area contributed by atoms with Crippen LogP contribution in [0.5, 0.6) is 0 Å². The maximum atomic E-state index is 11.0. The van der Waals surface area contributed by atoms with Crippen LogP contribution in [0, 0.1) is 5.92 Å². The van der Waals surface area contributed by atoms with Gasteiger partial charge >= 0.3 is 0 Å². The van der Waals surface area contributed by atoms with Crippen LogP contribution in [-0.2, 0) is 16.5 Å². The maximum Gasteiger partial charge on any atom is 0.294 e. The van der Waals surface area contributed by atoms with Gasteiger partial charge in [-0.1, -0.05) is 70.9 Å². The summed E-state index contributed by atoms with van der Waals surface area (Å²) in [7, 11) is -4.07. The van der Waals surface area contributed by atoms with Crippen LogP contribution in [-0.4, -0.2) is 13.0 Å². The third-order valence-corrected chi connectivity index (χ3v) is 5.19. The van der Waals surface area contributed by atoms with Crippen molar-refractivity contribution >= 4 is 10.1 Å². The Morgan fingerprint density at radius 1 is 0.955 bits per heavy atom. The van der Waals surface area contributed by atoms with E-state index in [0.29, 0.717) is 0 Å². The minimum absolute atomic E-state index is 0.0298. The minimum atomic E-state index is -4.07. The van der Waals surface area contributed by atoms with Crippen molar-refractivity contribution in [3.63, 3.8) is 0 Å². The number of rotatable bonds is 11.